The van der Waals surface area contributed by atoms with Crippen LogP contribution in [0.2, 0.25) is 0 Å². The first kappa shape index (κ1) is 13.5. The molecule has 0 radical (unpaired) electrons. The minimum absolute atomic E-state index is 0.115. The first-order valence-corrected chi connectivity index (χ1v) is 7.25. The number of hydrogen-bond acceptors (Lipinski definition) is 4. The average molecular weight is 278 g/mol. The van der Waals surface area contributed by atoms with Crippen molar-refractivity contribution in [3.05, 3.63) is 54.4 Å². The zero-order chi connectivity index (χ0) is 13.7. The van der Waals surface area contributed by atoms with Gasteiger partial charge in [0.1, 0.15) is 10.6 Å². The largest absolute Gasteiger partial charge is 0.507 e. The third-order valence-corrected chi connectivity index (χ3v) is 4.06. The van der Waals surface area contributed by atoms with Crippen molar-refractivity contribution in [1.82, 2.24) is 9.71 Å². The number of nitrogens with zero attached hydrogens (tertiary/aromatic N) is 1. The molecule has 2 aromatic rings. The van der Waals surface area contributed by atoms with Crippen molar-refractivity contribution in [2.45, 2.75) is 11.3 Å². The Kier molecular flexibility index (Phi) is 4.13. The van der Waals surface area contributed by atoms with Gasteiger partial charge < -0.3 is 5.11 Å². The van der Waals surface area contributed by atoms with Gasteiger partial charge in [0.05, 0.1) is 0 Å². The normalized spacial score (nSPS) is 11.4. The second kappa shape index (κ2) is 5.81. The van der Waals surface area contributed by atoms with Crippen molar-refractivity contribution >= 4 is 10.0 Å². The third-order valence-electron chi connectivity index (χ3n) is 2.55. The molecule has 0 amide bonds. The quantitative estimate of drug-likeness (QED) is 0.864. The zero-order valence-electron chi connectivity index (χ0n) is 10.2. The molecule has 0 aliphatic carbocycles. The molecule has 1 aromatic carbocycles. The highest BCUT2D eigenvalue weighted by molar-refractivity contribution is 7.89. The molecule has 0 aliphatic heterocycles. The van der Waals surface area contributed by atoms with Gasteiger partial charge in [-0.1, -0.05) is 18.2 Å². The van der Waals surface area contributed by atoms with Crippen LogP contribution >= 0.6 is 0 Å². The van der Waals surface area contributed by atoms with Crippen LogP contribution in [-0.4, -0.2) is 25.1 Å². The lowest BCUT2D eigenvalue weighted by Gasteiger charge is -2.07. The number of hydrogen-bond donors (Lipinski definition) is 2. The number of benzene rings is 1. The second-order valence-corrected chi connectivity index (χ2v) is 5.67. The highest BCUT2D eigenvalue weighted by Gasteiger charge is 2.17. The smallest absolute Gasteiger partial charge is 0.244 e. The molecule has 0 saturated carbocycles. The molecule has 0 unspecified atom stereocenters. The summed E-state index contributed by atoms with van der Waals surface area (Å²) in [4.78, 5) is 3.99. The van der Waals surface area contributed by atoms with E-state index in [9.17, 15) is 13.5 Å². The molecule has 100 valence electrons. The summed E-state index contributed by atoms with van der Waals surface area (Å²) in [6.07, 6.45) is 2.15. The molecule has 0 bridgehead atoms. The van der Waals surface area contributed by atoms with E-state index in [-0.39, 0.29) is 17.2 Å². The SMILES string of the molecule is O=S(=O)(NCCc1ccccn1)c1ccccc1O. The summed E-state index contributed by atoms with van der Waals surface area (Å²) in [6.45, 7) is 0.230. The molecule has 0 atom stereocenters. The van der Waals surface area contributed by atoms with Gasteiger partial charge in [0.2, 0.25) is 10.0 Å². The Balaban J connectivity index is 2.01. The van der Waals surface area contributed by atoms with E-state index in [1.54, 1.807) is 24.4 Å². The Hall–Kier alpha value is -1.92. The summed E-state index contributed by atoms with van der Waals surface area (Å²) in [5.41, 5.74) is 0.808. The molecule has 0 fully saturated rings. The molecular formula is C13H14N2O3S. The molecule has 0 spiro atoms. The van der Waals surface area contributed by atoms with E-state index < -0.39 is 10.0 Å². The molecule has 0 saturated heterocycles. The molecule has 6 heteroatoms. The lowest BCUT2D eigenvalue weighted by Crippen LogP contribution is -2.26. The minimum atomic E-state index is -3.69. The van der Waals surface area contributed by atoms with Crippen LogP contribution in [0.25, 0.3) is 0 Å². The number of para-hydroxylation sites is 1. The van der Waals surface area contributed by atoms with Crippen LogP contribution in [0.5, 0.6) is 5.75 Å². The maximum absolute atomic E-state index is 12.0. The maximum atomic E-state index is 12.0. The van der Waals surface area contributed by atoms with E-state index in [4.69, 9.17) is 0 Å². The molecule has 2 N–H and O–H groups in total. The average Bonchev–Trinajstić information content (AvgIpc) is 2.40. The van der Waals surface area contributed by atoms with E-state index in [2.05, 4.69) is 9.71 Å². The Labute approximate surface area is 112 Å². The fraction of sp³-hybridized carbons (Fsp3) is 0.154. The van der Waals surface area contributed by atoms with E-state index >= 15 is 0 Å². The Bertz CT molecular complexity index is 642. The topological polar surface area (TPSA) is 79.3 Å². The fourth-order valence-corrected chi connectivity index (χ4v) is 2.75. The number of pyridine rings is 1. The lowest BCUT2D eigenvalue weighted by atomic mass is 10.3. The molecule has 5 nitrogen and oxygen atoms in total. The van der Waals surface area contributed by atoms with Crippen LogP contribution in [0.1, 0.15) is 5.69 Å². The summed E-state index contributed by atoms with van der Waals surface area (Å²) >= 11 is 0. The van der Waals surface area contributed by atoms with E-state index in [1.165, 1.54) is 12.1 Å². The predicted octanol–water partition coefficient (Wildman–Crippen LogP) is 1.31. The number of phenolic OH excluding ortho intramolecular Hbond substituents is 1. The summed E-state index contributed by atoms with van der Waals surface area (Å²) in [7, 11) is -3.69. The van der Waals surface area contributed by atoms with Crippen molar-refractivity contribution in [1.29, 1.82) is 0 Å². The van der Waals surface area contributed by atoms with Gasteiger partial charge in [0.25, 0.3) is 0 Å². The first-order chi connectivity index (χ1) is 9.09. The van der Waals surface area contributed by atoms with Gasteiger partial charge in [-0.05, 0) is 24.3 Å². The monoisotopic (exact) mass is 278 g/mol. The maximum Gasteiger partial charge on any atom is 0.244 e. The number of phenols is 1. The van der Waals surface area contributed by atoms with Gasteiger partial charge in [-0.15, -0.1) is 0 Å². The summed E-state index contributed by atoms with van der Waals surface area (Å²) in [5.74, 6) is -0.257. The van der Waals surface area contributed by atoms with Crippen LogP contribution in [0.4, 0.5) is 0 Å². The number of rotatable bonds is 5. The fourth-order valence-electron chi connectivity index (χ4n) is 1.62. The Morgan fingerprint density at radius 2 is 1.84 bits per heavy atom. The van der Waals surface area contributed by atoms with Crippen molar-refractivity contribution in [2.24, 2.45) is 0 Å². The van der Waals surface area contributed by atoms with Crippen LogP contribution in [0, 0.1) is 0 Å². The summed E-state index contributed by atoms with van der Waals surface area (Å²) in [6, 6.07) is 11.3. The van der Waals surface area contributed by atoms with Gasteiger partial charge in [0, 0.05) is 24.9 Å². The Morgan fingerprint density at radius 3 is 2.53 bits per heavy atom. The molecule has 1 heterocycles. The van der Waals surface area contributed by atoms with Crippen molar-refractivity contribution < 1.29 is 13.5 Å². The Morgan fingerprint density at radius 1 is 1.11 bits per heavy atom. The van der Waals surface area contributed by atoms with Gasteiger partial charge in [-0.3, -0.25) is 4.98 Å². The molecule has 19 heavy (non-hydrogen) atoms. The van der Waals surface area contributed by atoms with E-state index in [0.717, 1.165) is 5.69 Å². The summed E-state index contributed by atoms with van der Waals surface area (Å²) < 4.78 is 26.3. The van der Waals surface area contributed by atoms with Gasteiger partial charge in [-0.25, -0.2) is 13.1 Å². The molecule has 2 rings (SSSR count). The first-order valence-electron chi connectivity index (χ1n) is 5.77. The summed E-state index contributed by atoms with van der Waals surface area (Å²) in [5, 5.41) is 9.53. The lowest BCUT2D eigenvalue weighted by molar-refractivity contribution is 0.458. The zero-order valence-corrected chi connectivity index (χ0v) is 11.0. The van der Waals surface area contributed by atoms with Crippen LogP contribution in [0.3, 0.4) is 0 Å². The van der Waals surface area contributed by atoms with Crippen molar-refractivity contribution in [2.75, 3.05) is 6.54 Å². The van der Waals surface area contributed by atoms with Crippen LogP contribution in [-0.2, 0) is 16.4 Å². The number of nitrogens with one attached hydrogen (secondary N) is 1. The molecular weight excluding hydrogens is 264 g/mol. The van der Waals surface area contributed by atoms with Gasteiger partial charge in [-0.2, -0.15) is 0 Å². The molecule has 1 aromatic heterocycles. The van der Waals surface area contributed by atoms with E-state index in [0.29, 0.717) is 6.42 Å². The van der Waals surface area contributed by atoms with Gasteiger partial charge >= 0.3 is 0 Å². The van der Waals surface area contributed by atoms with Crippen molar-refractivity contribution in [3.63, 3.8) is 0 Å². The predicted molar refractivity (Wildman–Crippen MR) is 71.2 cm³/mol. The van der Waals surface area contributed by atoms with Gasteiger partial charge in [0.15, 0.2) is 0 Å². The number of aromatic hydroxyl groups is 1. The highest BCUT2D eigenvalue weighted by Crippen LogP contribution is 2.20. The minimum Gasteiger partial charge on any atom is -0.507 e. The highest BCUT2D eigenvalue weighted by atomic mass is 32.2. The standard InChI is InChI=1S/C13H14N2O3S/c16-12-6-1-2-7-13(12)19(17,18)15-10-8-11-5-3-4-9-14-11/h1-7,9,15-16H,8,10H2. The van der Waals surface area contributed by atoms with Crippen LogP contribution in [0.15, 0.2) is 53.6 Å². The van der Waals surface area contributed by atoms with Crippen molar-refractivity contribution in [3.8, 4) is 5.75 Å². The number of sulfonamides is 1. The second-order valence-electron chi connectivity index (χ2n) is 3.94. The molecule has 0 aliphatic rings. The third kappa shape index (κ3) is 3.52. The van der Waals surface area contributed by atoms with Crippen LogP contribution < -0.4 is 4.72 Å². The van der Waals surface area contributed by atoms with E-state index in [1.807, 2.05) is 12.1 Å². The number of aromatic nitrogens is 1.